The molecule has 6 N–H and O–H groups in total. The summed E-state index contributed by atoms with van der Waals surface area (Å²) < 4.78 is 0. The van der Waals surface area contributed by atoms with Crippen LogP contribution in [0.15, 0.2) is 35.4 Å². The highest BCUT2D eigenvalue weighted by atomic mass is 32.2. The van der Waals surface area contributed by atoms with Gasteiger partial charge in [0.05, 0.1) is 17.7 Å². The van der Waals surface area contributed by atoms with Gasteiger partial charge in [0.2, 0.25) is 17.5 Å². The van der Waals surface area contributed by atoms with Gasteiger partial charge in [-0.1, -0.05) is 49.0 Å². The first-order chi connectivity index (χ1) is 15.8. The maximum absolute atomic E-state index is 12.3. The highest BCUT2D eigenvalue weighted by molar-refractivity contribution is 8.00. The Morgan fingerprint density at radius 3 is 2.42 bits per heavy atom. The van der Waals surface area contributed by atoms with Gasteiger partial charge in [0.25, 0.3) is 0 Å². The molecule has 1 fully saturated rings. The Hall–Kier alpha value is -3.60. The van der Waals surface area contributed by atoms with Crippen molar-refractivity contribution in [2.24, 2.45) is 17.2 Å². The van der Waals surface area contributed by atoms with Crippen LogP contribution in [0.5, 0.6) is 0 Å². The van der Waals surface area contributed by atoms with Crippen LogP contribution in [-0.4, -0.2) is 35.4 Å². The molecule has 1 unspecified atom stereocenters. The van der Waals surface area contributed by atoms with Crippen LogP contribution in [0.25, 0.3) is 4.85 Å². The number of anilines is 1. The molecule has 10 heteroatoms. The number of hydrogen-bond acceptors (Lipinski definition) is 7. The van der Waals surface area contributed by atoms with E-state index in [1.165, 1.54) is 0 Å². The molecule has 1 aliphatic heterocycles. The predicted octanol–water partition coefficient (Wildman–Crippen LogP) is 2.17. The van der Waals surface area contributed by atoms with Crippen LogP contribution in [0.4, 0.5) is 11.5 Å². The van der Waals surface area contributed by atoms with Crippen molar-refractivity contribution in [3.05, 3.63) is 58.4 Å². The zero-order chi connectivity index (χ0) is 24.2. The summed E-state index contributed by atoms with van der Waals surface area (Å²) in [5.74, 6) is -0.706. The first kappa shape index (κ1) is 24.1. The average Bonchev–Trinajstić information content (AvgIpc) is 2.82. The van der Waals surface area contributed by atoms with Crippen molar-refractivity contribution in [3.63, 3.8) is 0 Å². The fourth-order valence-electron chi connectivity index (χ4n) is 3.86. The Morgan fingerprint density at radius 1 is 1.30 bits per heavy atom. The Morgan fingerprint density at radius 2 is 1.94 bits per heavy atom. The average molecular weight is 464 g/mol. The Kier molecular flexibility index (Phi) is 7.22. The maximum Gasteiger partial charge on any atom is 0.237 e. The minimum absolute atomic E-state index is 0.266. The second-order valence-corrected chi connectivity index (χ2v) is 8.93. The number of nitriles is 1. The molecule has 170 valence electrons. The molecule has 3 rings (SSSR count). The molecule has 33 heavy (non-hydrogen) atoms. The zero-order valence-corrected chi connectivity index (χ0v) is 19.1. The van der Waals surface area contributed by atoms with Crippen LogP contribution in [0.2, 0.25) is 0 Å². The summed E-state index contributed by atoms with van der Waals surface area (Å²) >= 11 is 1.10. The molecule has 0 bridgehead atoms. The molecule has 9 nitrogen and oxygen atoms in total. The summed E-state index contributed by atoms with van der Waals surface area (Å²) in [5.41, 5.74) is 18.0. The van der Waals surface area contributed by atoms with Gasteiger partial charge in [-0.15, -0.1) is 0 Å². The van der Waals surface area contributed by atoms with Gasteiger partial charge in [0.15, 0.2) is 0 Å². The molecule has 1 saturated heterocycles. The minimum atomic E-state index is -1.10. The van der Waals surface area contributed by atoms with Crippen molar-refractivity contribution in [3.8, 4) is 6.07 Å². The van der Waals surface area contributed by atoms with Crippen LogP contribution in [0, 0.1) is 17.9 Å². The van der Waals surface area contributed by atoms with E-state index in [0.717, 1.165) is 11.8 Å². The van der Waals surface area contributed by atoms with Gasteiger partial charge in [-0.2, -0.15) is 5.26 Å². The monoisotopic (exact) mass is 463 g/mol. The molecule has 1 atom stereocenters. The number of carbonyl (C=O) groups is 2. The molecule has 0 aliphatic carbocycles. The third-order valence-corrected chi connectivity index (χ3v) is 7.09. The minimum Gasteiger partial charge on any atom is -0.368 e. The van der Waals surface area contributed by atoms with Crippen molar-refractivity contribution >= 4 is 35.1 Å². The third-order valence-electron chi connectivity index (χ3n) is 5.83. The maximum atomic E-state index is 12.3. The normalized spacial score (nSPS) is 15.8. The van der Waals surface area contributed by atoms with E-state index in [1.807, 2.05) is 17.9 Å². The van der Waals surface area contributed by atoms with Crippen LogP contribution >= 0.6 is 11.8 Å². The van der Waals surface area contributed by atoms with E-state index in [9.17, 15) is 14.9 Å². The molecular weight excluding hydrogens is 438 g/mol. The zero-order valence-electron chi connectivity index (χ0n) is 18.2. The standard InChI is InChI=1S/C23H25N7O2S/c1-3-15-16(13-24)21(33-18(19(25)31)14-7-5-4-6-8-14)29-20(17(15)28-2)30-11-9-23(27,10-12-30)22(26)32/h4-8,18H,3,9-12,27H2,1H3,(H2,25,31)(H2,26,32). The first-order valence-corrected chi connectivity index (χ1v) is 11.3. The van der Waals surface area contributed by atoms with Crippen LogP contribution < -0.4 is 22.1 Å². The van der Waals surface area contributed by atoms with Crippen LogP contribution in [0.1, 0.15) is 41.7 Å². The largest absolute Gasteiger partial charge is 0.368 e. The van der Waals surface area contributed by atoms with E-state index in [1.54, 1.807) is 24.3 Å². The lowest BCUT2D eigenvalue weighted by Crippen LogP contribution is -2.58. The van der Waals surface area contributed by atoms with Crippen molar-refractivity contribution in [2.75, 3.05) is 18.0 Å². The van der Waals surface area contributed by atoms with E-state index in [0.29, 0.717) is 54.3 Å². The summed E-state index contributed by atoms with van der Waals surface area (Å²) in [4.78, 5) is 34.2. The summed E-state index contributed by atoms with van der Waals surface area (Å²) in [6.45, 7) is 10.4. The summed E-state index contributed by atoms with van der Waals surface area (Å²) in [7, 11) is 0. The van der Waals surface area contributed by atoms with E-state index in [-0.39, 0.29) is 11.3 Å². The second kappa shape index (κ2) is 9.90. The lowest BCUT2D eigenvalue weighted by atomic mass is 9.88. The number of hydrogen-bond donors (Lipinski definition) is 3. The van der Waals surface area contributed by atoms with E-state index in [4.69, 9.17) is 23.8 Å². The fourth-order valence-corrected chi connectivity index (χ4v) is 4.92. The summed E-state index contributed by atoms with van der Waals surface area (Å²) in [5, 5.41) is 9.48. The van der Waals surface area contributed by atoms with Crippen molar-refractivity contribution in [1.29, 1.82) is 5.26 Å². The number of primary amides is 2. The molecule has 0 radical (unpaired) electrons. The lowest BCUT2D eigenvalue weighted by Gasteiger charge is -2.38. The van der Waals surface area contributed by atoms with E-state index in [2.05, 4.69) is 15.9 Å². The second-order valence-electron chi connectivity index (χ2n) is 7.84. The van der Waals surface area contributed by atoms with E-state index < -0.39 is 22.6 Å². The summed E-state index contributed by atoms with van der Waals surface area (Å²) in [6.07, 6.45) is 1.07. The van der Waals surface area contributed by atoms with Gasteiger partial charge < -0.3 is 22.1 Å². The van der Waals surface area contributed by atoms with Crippen molar-refractivity contribution in [1.82, 2.24) is 4.98 Å². The molecule has 1 aromatic carbocycles. The fraction of sp³-hybridized carbons (Fsp3) is 0.348. The van der Waals surface area contributed by atoms with Gasteiger partial charge in [0, 0.05) is 13.1 Å². The number of amides is 2. The highest BCUT2D eigenvalue weighted by Gasteiger charge is 2.37. The third kappa shape index (κ3) is 4.77. The van der Waals surface area contributed by atoms with Gasteiger partial charge in [-0.25, -0.2) is 9.83 Å². The van der Waals surface area contributed by atoms with Gasteiger partial charge in [0.1, 0.15) is 22.2 Å². The molecular formula is C23H25N7O2S. The Balaban J connectivity index is 2.08. The molecule has 1 aromatic heterocycles. The number of piperidine rings is 1. The van der Waals surface area contributed by atoms with Crippen LogP contribution in [0.3, 0.4) is 0 Å². The molecule has 2 aromatic rings. The number of pyridine rings is 1. The molecule has 2 heterocycles. The number of rotatable bonds is 7. The molecule has 2 amide bonds. The van der Waals surface area contributed by atoms with Crippen molar-refractivity contribution in [2.45, 2.75) is 42.0 Å². The molecule has 1 aliphatic rings. The smallest absolute Gasteiger partial charge is 0.237 e. The van der Waals surface area contributed by atoms with Gasteiger partial charge in [-0.3, -0.25) is 9.59 Å². The predicted molar refractivity (Wildman–Crippen MR) is 126 cm³/mol. The number of aromatic nitrogens is 1. The molecule has 0 saturated carbocycles. The number of nitrogens with zero attached hydrogens (tertiary/aromatic N) is 4. The Labute approximate surface area is 196 Å². The van der Waals surface area contributed by atoms with Gasteiger partial charge in [-0.05, 0) is 30.4 Å². The van der Waals surface area contributed by atoms with Gasteiger partial charge >= 0.3 is 0 Å². The summed E-state index contributed by atoms with van der Waals surface area (Å²) in [6, 6.07) is 11.2. The van der Waals surface area contributed by atoms with E-state index >= 15 is 0 Å². The number of thioether (sulfide) groups is 1. The van der Waals surface area contributed by atoms with Crippen LogP contribution in [-0.2, 0) is 16.0 Å². The number of carbonyl (C=O) groups excluding carboxylic acids is 2. The van der Waals surface area contributed by atoms with Crippen molar-refractivity contribution < 1.29 is 9.59 Å². The SMILES string of the molecule is [C-]#[N+]c1c(N2CCC(N)(C(N)=O)CC2)nc(SC(C(N)=O)c2ccccc2)c(C#N)c1CC. The molecule has 0 spiro atoms. The quantitative estimate of drug-likeness (QED) is 0.419. The number of benzene rings is 1. The topological polar surface area (TPSA) is 156 Å². The Bertz CT molecular complexity index is 1150. The number of nitrogens with two attached hydrogens (primary N) is 3. The highest BCUT2D eigenvalue weighted by Crippen LogP contribution is 2.43. The lowest BCUT2D eigenvalue weighted by molar-refractivity contribution is -0.123. The first-order valence-electron chi connectivity index (χ1n) is 10.4.